The van der Waals surface area contributed by atoms with Crippen LogP contribution in [0.25, 0.3) is 11.1 Å². The Hall–Kier alpha value is -2.86. The first-order chi connectivity index (χ1) is 15.8. The molecule has 0 heteroatoms. The van der Waals surface area contributed by atoms with E-state index in [1.807, 2.05) is 0 Å². The maximum atomic E-state index is 2.59. The summed E-state index contributed by atoms with van der Waals surface area (Å²) >= 11 is 0. The van der Waals surface area contributed by atoms with Crippen molar-refractivity contribution in [3.63, 3.8) is 0 Å². The molecule has 3 aromatic carbocycles. The zero-order chi connectivity index (χ0) is 23.0. The van der Waals surface area contributed by atoms with Gasteiger partial charge < -0.3 is 0 Å². The molecule has 1 fully saturated rings. The Morgan fingerprint density at radius 2 is 1.58 bits per heavy atom. The van der Waals surface area contributed by atoms with Crippen molar-refractivity contribution in [2.45, 2.75) is 52.9 Å². The Kier molecular flexibility index (Phi) is 4.44. The van der Waals surface area contributed by atoms with Crippen LogP contribution >= 0.6 is 0 Å². The molecule has 0 heterocycles. The van der Waals surface area contributed by atoms with Gasteiger partial charge in [-0.3, -0.25) is 0 Å². The van der Waals surface area contributed by atoms with Crippen LogP contribution in [0.2, 0.25) is 0 Å². The highest BCUT2D eigenvalue weighted by atomic mass is 14.5. The first-order valence-electron chi connectivity index (χ1n) is 12.5. The van der Waals surface area contributed by atoms with Crippen LogP contribution in [0.1, 0.15) is 61.9 Å². The maximum Gasteiger partial charge on any atom is 0.0426 e. The molecule has 3 aromatic rings. The minimum atomic E-state index is -0.0608. The van der Waals surface area contributed by atoms with Gasteiger partial charge in [0.15, 0.2) is 0 Å². The first-order valence-corrected chi connectivity index (χ1v) is 12.5. The van der Waals surface area contributed by atoms with Crippen molar-refractivity contribution < 1.29 is 0 Å². The van der Waals surface area contributed by atoms with Crippen LogP contribution in [-0.4, -0.2) is 0 Å². The molecule has 3 aliphatic carbocycles. The molecule has 0 nitrogen and oxygen atoms in total. The van der Waals surface area contributed by atoms with E-state index in [0.29, 0.717) is 11.8 Å². The molecule has 6 rings (SSSR count). The quantitative estimate of drug-likeness (QED) is 0.299. The summed E-state index contributed by atoms with van der Waals surface area (Å²) in [5.41, 5.74) is 13.4. The van der Waals surface area contributed by atoms with E-state index in [2.05, 4.69) is 114 Å². The van der Waals surface area contributed by atoms with E-state index in [4.69, 9.17) is 0 Å². The zero-order valence-electron chi connectivity index (χ0n) is 20.6. The van der Waals surface area contributed by atoms with Crippen molar-refractivity contribution in [3.8, 4) is 11.1 Å². The van der Waals surface area contributed by atoms with Crippen molar-refractivity contribution >= 4 is 0 Å². The van der Waals surface area contributed by atoms with Crippen LogP contribution in [0, 0.1) is 24.2 Å². The standard InChI is InChI=1S/C33H34/c1-21-13-15-24(16-14-21)33(20-22(2)28-18-25(19-31(28)33)32(3,4)5)30-12-8-11-27-26-10-7-6-9-23(26)17-29(27)30/h6-16,18-19,22,28H,17,20H2,1-5H3. The van der Waals surface area contributed by atoms with Gasteiger partial charge in [0.25, 0.3) is 0 Å². The Balaban J connectivity index is 1.62. The number of aryl methyl sites for hydroxylation is 1. The molecule has 0 amide bonds. The smallest absolute Gasteiger partial charge is 0.0426 e. The van der Waals surface area contributed by atoms with Crippen LogP contribution in [-0.2, 0) is 11.8 Å². The third-order valence-electron chi connectivity index (χ3n) is 8.48. The van der Waals surface area contributed by atoms with E-state index in [-0.39, 0.29) is 10.8 Å². The van der Waals surface area contributed by atoms with E-state index < -0.39 is 0 Å². The highest BCUT2D eigenvalue weighted by Gasteiger charge is 2.52. The maximum absolute atomic E-state index is 2.59. The second kappa shape index (κ2) is 7.07. The minimum absolute atomic E-state index is 0.0608. The SMILES string of the molecule is Cc1ccc(C2(c3cccc4c3Cc3ccccc3-4)CC(C)C3C=C(C(C)(C)C)C=C32)cc1. The second-order valence-corrected chi connectivity index (χ2v) is 11.6. The van der Waals surface area contributed by atoms with Gasteiger partial charge in [0, 0.05) is 11.3 Å². The Labute approximate surface area is 199 Å². The summed E-state index contributed by atoms with van der Waals surface area (Å²) < 4.78 is 0. The summed E-state index contributed by atoms with van der Waals surface area (Å²) in [5.74, 6) is 1.15. The van der Waals surface area contributed by atoms with E-state index in [9.17, 15) is 0 Å². The van der Waals surface area contributed by atoms with Gasteiger partial charge in [0.1, 0.15) is 0 Å². The van der Waals surface area contributed by atoms with Gasteiger partial charge in [-0.1, -0.05) is 112 Å². The Morgan fingerprint density at radius 3 is 2.33 bits per heavy atom. The summed E-state index contributed by atoms with van der Waals surface area (Å²) in [4.78, 5) is 0. The number of rotatable bonds is 2. The lowest BCUT2D eigenvalue weighted by Gasteiger charge is -2.35. The lowest BCUT2D eigenvalue weighted by molar-refractivity contribution is 0.478. The van der Waals surface area contributed by atoms with Crippen LogP contribution in [0.5, 0.6) is 0 Å². The largest absolute Gasteiger partial charge is 0.0733 e. The molecule has 3 atom stereocenters. The summed E-state index contributed by atoms with van der Waals surface area (Å²) in [6, 6.07) is 25.5. The summed E-state index contributed by atoms with van der Waals surface area (Å²) in [7, 11) is 0. The Bertz CT molecular complexity index is 1310. The lowest BCUT2D eigenvalue weighted by Crippen LogP contribution is -2.28. The minimum Gasteiger partial charge on any atom is -0.0733 e. The average Bonchev–Trinajstić information content (AvgIpc) is 3.46. The average molecular weight is 431 g/mol. The normalized spacial score (nSPS) is 25.4. The fourth-order valence-electron chi connectivity index (χ4n) is 6.77. The van der Waals surface area contributed by atoms with Crippen molar-refractivity contribution in [2.75, 3.05) is 0 Å². The topological polar surface area (TPSA) is 0 Å². The molecule has 3 unspecified atom stereocenters. The molecule has 1 saturated carbocycles. The molecule has 3 aliphatic rings. The van der Waals surface area contributed by atoms with Gasteiger partial charge in [-0.2, -0.15) is 0 Å². The summed E-state index contributed by atoms with van der Waals surface area (Å²) in [6.07, 6.45) is 7.39. The number of allylic oxidation sites excluding steroid dienone is 4. The molecule has 0 bridgehead atoms. The highest BCUT2D eigenvalue weighted by Crippen LogP contribution is 2.60. The predicted octanol–water partition coefficient (Wildman–Crippen LogP) is 8.42. The molecule has 0 spiro atoms. The lowest BCUT2D eigenvalue weighted by atomic mass is 9.67. The molecule has 0 aromatic heterocycles. The number of hydrogen-bond acceptors (Lipinski definition) is 0. The van der Waals surface area contributed by atoms with Crippen molar-refractivity contribution in [1.29, 1.82) is 0 Å². The van der Waals surface area contributed by atoms with E-state index in [0.717, 1.165) is 6.42 Å². The van der Waals surface area contributed by atoms with Crippen LogP contribution in [0.15, 0.2) is 90.0 Å². The van der Waals surface area contributed by atoms with Crippen LogP contribution in [0.3, 0.4) is 0 Å². The van der Waals surface area contributed by atoms with Crippen molar-refractivity contribution in [2.24, 2.45) is 17.3 Å². The van der Waals surface area contributed by atoms with Gasteiger partial charge in [0.05, 0.1) is 0 Å². The third-order valence-corrected chi connectivity index (χ3v) is 8.48. The molecular formula is C33H34. The monoisotopic (exact) mass is 430 g/mol. The van der Waals surface area contributed by atoms with Gasteiger partial charge in [-0.15, -0.1) is 0 Å². The molecule has 166 valence electrons. The van der Waals surface area contributed by atoms with Gasteiger partial charge >= 0.3 is 0 Å². The number of benzene rings is 3. The van der Waals surface area contributed by atoms with Crippen LogP contribution in [0.4, 0.5) is 0 Å². The number of fused-ring (bicyclic) bond motifs is 4. The van der Waals surface area contributed by atoms with Crippen LogP contribution < -0.4 is 0 Å². The fourth-order valence-corrected chi connectivity index (χ4v) is 6.77. The second-order valence-electron chi connectivity index (χ2n) is 11.6. The van der Waals surface area contributed by atoms with E-state index in [1.165, 1.54) is 50.9 Å². The van der Waals surface area contributed by atoms with Crippen molar-refractivity contribution in [1.82, 2.24) is 0 Å². The number of hydrogen-bond donors (Lipinski definition) is 0. The Morgan fingerprint density at radius 1 is 0.848 bits per heavy atom. The predicted molar refractivity (Wildman–Crippen MR) is 140 cm³/mol. The van der Waals surface area contributed by atoms with Crippen molar-refractivity contribution in [3.05, 3.63) is 118 Å². The molecular weight excluding hydrogens is 396 g/mol. The molecule has 0 radical (unpaired) electrons. The highest BCUT2D eigenvalue weighted by molar-refractivity contribution is 5.79. The summed E-state index contributed by atoms with van der Waals surface area (Å²) in [5, 5.41) is 0. The zero-order valence-corrected chi connectivity index (χ0v) is 20.6. The van der Waals surface area contributed by atoms with E-state index >= 15 is 0 Å². The van der Waals surface area contributed by atoms with Gasteiger partial charge in [-0.25, -0.2) is 0 Å². The third kappa shape index (κ3) is 2.96. The summed E-state index contributed by atoms with van der Waals surface area (Å²) in [6.45, 7) is 11.7. The molecule has 33 heavy (non-hydrogen) atoms. The van der Waals surface area contributed by atoms with Gasteiger partial charge in [0.2, 0.25) is 0 Å². The van der Waals surface area contributed by atoms with E-state index in [1.54, 1.807) is 5.57 Å². The van der Waals surface area contributed by atoms with Gasteiger partial charge in [-0.05, 0) is 75.6 Å². The fraction of sp³-hybridized carbons (Fsp3) is 0.333. The molecule has 0 aliphatic heterocycles. The molecule has 0 saturated heterocycles. The first kappa shape index (κ1) is 20.7. The molecule has 0 N–H and O–H groups in total.